The molecule has 202 valence electrons. The first kappa shape index (κ1) is 29.6. The summed E-state index contributed by atoms with van der Waals surface area (Å²) in [5, 5.41) is 117. The van der Waals surface area contributed by atoms with Gasteiger partial charge in [-0.25, -0.2) is 0 Å². The standard InChI is InChI=1S/C18H34O16/c19-1-5(22)9(24)10(25)6(23)4-31-17-15(30)13(28)16(8(3-21)33-17)34-18-14(29)12(27)11(26)7(2-20)32-18/h5-30H,1-4H2. The summed E-state index contributed by atoms with van der Waals surface area (Å²) >= 11 is 0. The van der Waals surface area contributed by atoms with Crippen LogP contribution in [0.5, 0.6) is 0 Å². The molecule has 0 saturated carbocycles. The van der Waals surface area contributed by atoms with Crippen LogP contribution >= 0.6 is 0 Å². The van der Waals surface area contributed by atoms with Gasteiger partial charge in [-0.05, 0) is 0 Å². The molecule has 2 rings (SSSR count). The van der Waals surface area contributed by atoms with E-state index in [2.05, 4.69) is 0 Å². The number of hydrogen-bond acceptors (Lipinski definition) is 16. The molecule has 14 atom stereocenters. The van der Waals surface area contributed by atoms with Gasteiger partial charge in [-0.2, -0.15) is 0 Å². The molecule has 2 aliphatic heterocycles. The number of aliphatic hydroxyl groups is 12. The van der Waals surface area contributed by atoms with Crippen molar-refractivity contribution in [3.63, 3.8) is 0 Å². The second-order valence-corrected chi connectivity index (χ2v) is 8.14. The Morgan fingerprint density at radius 3 is 1.71 bits per heavy atom. The Balaban J connectivity index is 2.01. The van der Waals surface area contributed by atoms with Gasteiger partial charge in [-0.1, -0.05) is 0 Å². The van der Waals surface area contributed by atoms with Gasteiger partial charge in [0.25, 0.3) is 0 Å². The third-order valence-electron chi connectivity index (χ3n) is 5.72. The zero-order valence-electron chi connectivity index (χ0n) is 17.9. The smallest absolute Gasteiger partial charge is 0.187 e. The molecular weight excluding hydrogens is 472 g/mol. The van der Waals surface area contributed by atoms with Crippen LogP contribution in [0.1, 0.15) is 0 Å². The van der Waals surface area contributed by atoms with Crippen LogP contribution in [-0.4, -0.2) is 174 Å². The van der Waals surface area contributed by atoms with Gasteiger partial charge in [0.1, 0.15) is 73.2 Å². The van der Waals surface area contributed by atoms with Crippen LogP contribution in [0, 0.1) is 0 Å². The summed E-state index contributed by atoms with van der Waals surface area (Å²) in [6.45, 7) is -3.22. The van der Waals surface area contributed by atoms with E-state index in [9.17, 15) is 56.2 Å². The van der Waals surface area contributed by atoms with Gasteiger partial charge in [0, 0.05) is 0 Å². The van der Waals surface area contributed by atoms with Crippen molar-refractivity contribution in [1.29, 1.82) is 0 Å². The highest BCUT2D eigenvalue weighted by atomic mass is 16.7. The molecule has 0 aliphatic carbocycles. The Hall–Kier alpha value is -0.640. The number of aliphatic hydroxyl groups excluding tert-OH is 12. The van der Waals surface area contributed by atoms with E-state index in [1.54, 1.807) is 0 Å². The molecule has 2 aliphatic rings. The average Bonchev–Trinajstić information content (AvgIpc) is 2.84. The fourth-order valence-electron chi connectivity index (χ4n) is 3.55. The first-order valence-electron chi connectivity index (χ1n) is 10.5. The van der Waals surface area contributed by atoms with Crippen LogP contribution in [-0.2, 0) is 18.9 Å². The normalized spacial score (nSPS) is 42.7. The zero-order valence-corrected chi connectivity index (χ0v) is 17.9. The molecule has 0 spiro atoms. The lowest BCUT2D eigenvalue weighted by atomic mass is 9.97. The van der Waals surface area contributed by atoms with Gasteiger partial charge < -0.3 is 80.2 Å². The van der Waals surface area contributed by atoms with E-state index in [0.29, 0.717) is 0 Å². The Morgan fingerprint density at radius 2 is 1.15 bits per heavy atom. The second-order valence-electron chi connectivity index (χ2n) is 8.14. The molecule has 2 fully saturated rings. The van der Waals surface area contributed by atoms with Crippen molar-refractivity contribution in [2.45, 2.75) is 85.8 Å². The number of ether oxygens (including phenoxy) is 4. The summed E-state index contributed by atoms with van der Waals surface area (Å²) in [7, 11) is 0. The molecule has 12 N–H and O–H groups in total. The van der Waals surface area contributed by atoms with Gasteiger partial charge in [0.15, 0.2) is 12.6 Å². The maximum atomic E-state index is 10.5. The molecule has 14 unspecified atom stereocenters. The van der Waals surface area contributed by atoms with Crippen molar-refractivity contribution < 1.29 is 80.2 Å². The molecule has 0 radical (unpaired) electrons. The molecule has 16 heteroatoms. The van der Waals surface area contributed by atoms with Gasteiger partial charge in [0.05, 0.1) is 26.4 Å². The van der Waals surface area contributed by atoms with Gasteiger partial charge >= 0.3 is 0 Å². The largest absolute Gasteiger partial charge is 0.394 e. The molecule has 0 aromatic heterocycles. The van der Waals surface area contributed by atoms with Crippen molar-refractivity contribution in [3.8, 4) is 0 Å². The minimum Gasteiger partial charge on any atom is -0.394 e. The van der Waals surface area contributed by atoms with Crippen LogP contribution in [0.4, 0.5) is 0 Å². The van der Waals surface area contributed by atoms with Crippen molar-refractivity contribution in [3.05, 3.63) is 0 Å². The Morgan fingerprint density at radius 1 is 0.618 bits per heavy atom. The van der Waals surface area contributed by atoms with Gasteiger partial charge in [-0.15, -0.1) is 0 Å². The Bertz CT molecular complexity index is 594. The fraction of sp³-hybridized carbons (Fsp3) is 1.00. The van der Waals surface area contributed by atoms with Crippen LogP contribution in [0.15, 0.2) is 0 Å². The van der Waals surface area contributed by atoms with E-state index in [1.165, 1.54) is 0 Å². The van der Waals surface area contributed by atoms with Crippen molar-refractivity contribution in [2.75, 3.05) is 26.4 Å². The predicted molar refractivity (Wildman–Crippen MR) is 103 cm³/mol. The first-order chi connectivity index (χ1) is 16.0. The van der Waals surface area contributed by atoms with E-state index < -0.39 is 112 Å². The van der Waals surface area contributed by atoms with Crippen molar-refractivity contribution in [1.82, 2.24) is 0 Å². The van der Waals surface area contributed by atoms with Crippen LogP contribution in [0.25, 0.3) is 0 Å². The maximum Gasteiger partial charge on any atom is 0.187 e. The number of rotatable bonds is 11. The Labute approximate surface area is 193 Å². The summed E-state index contributed by atoms with van der Waals surface area (Å²) in [5.41, 5.74) is 0. The monoisotopic (exact) mass is 506 g/mol. The highest BCUT2D eigenvalue weighted by Crippen LogP contribution is 2.29. The maximum absolute atomic E-state index is 10.5. The van der Waals surface area contributed by atoms with Crippen molar-refractivity contribution in [2.24, 2.45) is 0 Å². The summed E-state index contributed by atoms with van der Waals surface area (Å²) in [5.74, 6) is 0. The molecule has 34 heavy (non-hydrogen) atoms. The summed E-state index contributed by atoms with van der Waals surface area (Å²) in [6.07, 6.45) is -24.1. The third kappa shape index (κ3) is 6.56. The van der Waals surface area contributed by atoms with E-state index in [-0.39, 0.29) is 0 Å². The molecule has 0 aromatic rings. The number of hydrogen-bond donors (Lipinski definition) is 12. The first-order valence-corrected chi connectivity index (χ1v) is 10.5. The highest BCUT2D eigenvalue weighted by Gasteiger charge is 2.50. The lowest BCUT2D eigenvalue weighted by Crippen LogP contribution is -2.64. The summed E-state index contributed by atoms with van der Waals surface area (Å²) in [6, 6.07) is 0. The Kier molecular flexibility index (Phi) is 11.4. The SMILES string of the molecule is OCC(O)C(O)C(O)C(O)COC1OC(CO)C(OC2OC(CO)C(O)C(O)C2O)C(O)C1O. The van der Waals surface area contributed by atoms with Crippen LogP contribution in [0.3, 0.4) is 0 Å². The summed E-state index contributed by atoms with van der Waals surface area (Å²) < 4.78 is 21.0. The molecular formula is C18H34O16. The predicted octanol–water partition coefficient (Wildman–Crippen LogP) is -7.94. The van der Waals surface area contributed by atoms with E-state index in [1.807, 2.05) is 0 Å². The fourth-order valence-corrected chi connectivity index (χ4v) is 3.55. The van der Waals surface area contributed by atoms with E-state index in [4.69, 9.17) is 24.1 Å². The zero-order chi connectivity index (χ0) is 25.7. The quantitative estimate of drug-likeness (QED) is 0.124. The summed E-state index contributed by atoms with van der Waals surface area (Å²) in [4.78, 5) is 0. The third-order valence-corrected chi connectivity index (χ3v) is 5.72. The second kappa shape index (κ2) is 13.1. The molecule has 2 heterocycles. The minimum atomic E-state index is -1.95. The molecule has 0 amide bonds. The van der Waals surface area contributed by atoms with Gasteiger partial charge in [-0.3, -0.25) is 0 Å². The van der Waals surface area contributed by atoms with Gasteiger partial charge in [0.2, 0.25) is 0 Å². The van der Waals surface area contributed by atoms with Crippen molar-refractivity contribution >= 4 is 0 Å². The van der Waals surface area contributed by atoms with Crippen LogP contribution < -0.4 is 0 Å². The topological polar surface area (TPSA) is 280 Å². The molecule has 0 bridgehead atoms. The van der Waals surface area contributed by atoms with E-state index >= 15 is 0 Å². The average molecular weight is 506 g/mol. The lowest BCUT2D eigenvalue weighted by molar-refractivity contribution is -0.360. The molecule has 16 nitrogen and oxygen atoms in total. The molecule has 2 saturated heterocycles. The lowest BCUT2D eigenvalue weighted by Gasteiger charge is -2.46. The minimum absolute atomic E-state index is 0.741. The molecule has 0 aromatic carbocycles. The van der Waals surface area contributed by atoms with E-state index in [0.717, 1.165) is 0 Å². The highest BCUT2D eigenvalue weighted by molar-refractivity contribution is 4.94. The van der Waals surface area contributed by atoms with Crippen LogP contribution in [0.2, 0.25) is 0 Å².